The van der Waals surface area contributed by atoms with Crippen molar-refractivity contribution in [3.05, 3.63) is 35.6 Å². The highest BCUT2D eigenvalue weighted by Gasteiger charge is 2.49. The number of nitrogens with one attached hydrogen (secondary N) is 2. The number of benzene rings is 2. The van der Waals surface area contributed by atoms with E-state index < -0.39 is 12.0 Å². The van der Waals surface area contributed by atoms with E-state index in [-0.39, 0.29) is 23.7 Å². The topological polar surface area (TPSA) is 108 Å². The minimum Gasteiger partial charge on any atom is -0.461 e. The van der Waals surface area contributed by atoms with Crippen LogP contribution in [-0.4, -0.2) is 81.6 Å². The average Bonchev–Trinajstić information content (AvgIpc) is 3.70. The zero-order valence-electron chi connectivity index (χ0n) is 23.1. The minimum absolute atomic E-state index is 0.135. The maximum atomic E-state index is 16.7. The molecule has 0 radical (unpaired) electrons. The number of nitrogens with zero attached hydrogens (tertiary/aromatic N) is 5. The Balaban J connectivity index is 1.25. The summed E-state index contributed by atoms with van der Waals surface area (Å²) in [6.45, 7) is 5.12. The summed E-state index contributed by atoms with van der Waals surface area (Å²) < 4.78 is 37.4. The zero-order valence-corrected chi connectivity index (χ0v) is 23.1. The van der Waals surface area contributed by atoms with Gasteiger partial charge in [0, 0.05) is 54.7 Å². The van der Waals surface area contributed by atoms with Gasteiger partial charge in [-0.15, -0.1) is 0 Å². The standard InChI is InChI=1S/C30H34F2N8O/c1-16-3-8-22-24(27(33)38-37-22)23(16)20-6-7-21-26(25(20)32)35-29(36-28(21)39-13-18-4-5-19(14-39)34-18)41-15-30-9-2-10-40(30)12-17(31)11-30/h3,6-8,17-19,34H,2,4-5,9-15H2,1H3,(H3,33,37,38)/t17-,18?,19?,30+/m1/s1. The van der Waals surface area contributed by atoms with Gasteiger partial charge in [0.05, 0.1) is 16.4 Å². The summed E-state index contributed by atoms with van der Waals surface area (Å²) in [5, 5.41) is 12.1. The molecule has 9 nitrogen and oxygen atoms in total. The summed E-state index contributed by atoms with van der Waals surface area (Å²) in [6.07, 6.45) is 3.72. The van der Waals surface area contributed by atoms with Gasteiger partial charge in [0.1, 0.15) is 24.1 Å². The Bertz CT molecular complexity index is 1660. The fraction of sp³-hybridized carbons (Fsp3) is 0.500. The molecule has 4 N–H and O–H groups in total. The van der Waals surface area contributed by atoms with Crippen LogP contribution in [0.5, 0.6) is 6.01 Å². The van der Waals surface area contributed by atoms with E-state index in [1.807, 2.05) is 25.1 Å². The van der Waals surface area contributed by atoms with Crippen molar-refractivity contribution >= 4 is 33.4 Å². The number of H-pyrrole nitrogens is 1. The second-order valence-corrected chi connectivity index (χ2v) is 12.3. The molecule has 4 aliphatic heterocycles. The normalized spacial score (nSPS) is 27.8. The van der Waals surface area contributed by atoms with Crippen LogP contribution in [0.4, 0.5) is 20.4 Å². The van der Waals surface area contributed by atoms with Crippen molar-refractivity contribution in [3.63, 3.8) is 0 Å². The largest absolute Gasteiger partial charge is 0.461 e. The zero-order chi connectivity index (χ0) is 27.9. The van der Waals surface area contributed by atoms with Crippen molar-refractivity contribution in [1.82, 2.24) is 30.4 Å². The number of rotatable bonds is 5. The molecule has 0 aliphatic carbocycles. The van der Waals surface area contributed by atoms with Crippen molar-refractivity contribution in [2.75, 3.05) is 43.4 Å². The van der Waals surface area contributed by atoms with E-state index in [1.54, 1.807) is 6.07 Å². The van der Waals surface area contributed by atoms with Gasteiger partial charge in [-0.3, -0.25) is 10.00 Å². The van der Waals surface area contributed by atoms with E-state index in [0.29, 0.717) is 58.6 Å². The highest BCUT2D eigenvalue weighted by molar-refractivity contribution is 6.05. The number of nitrogens with two attached hydrogens (primary N) is 1. The molecule has 4 aliphatic rings. The van der Waals surface area contributed by atoms with Gasteiger partial charge in [-0.1, -0.05) is 12.1 Å². The summed E-state index contributed by atoms with van der Waals surface area (Å²) in [6, 6.07) is 8.43. The molecule has 11 heteroatoms. The van der Waals surface area contributed by atoms with Crippen LogP contribution in [0, 0.1) is 12.7 Å². The Morgan fingerprint density at radius 2 is 1.95 bits per heavy atom. The highest BCUT2D eigenvalue weighted by Crippen LogP contribution is 2.42. The van der Waals surface area contributed by atoms with Gasteiger partial charge in [0.15, 0.2) is 11.6 Å². The summed E-state index contributed by atoms with van der Waals surface area (Å²) in [5.41, 5.74) is 8.81. The number of nitrogen functional groups attached to an aromatic ring is 1. The molecule has 0 spiro atoms. The Kier molecular flexibility index (Phi) is 5.66. The van der Waals surface area contributed by atoms with Crippen LogP contribution in [0.1, 0.15) is 37.7 Å². The van der Waals surface area contributed by atoms with Crippen molar-refractivity contribution in [3.8, 4) is 17.1 Å². The van der Waals surface area contributed by atoms with Crippen molar-refractivity contribution in [1.29, 1.82) is 0 Å². The molecular weight excluding hydrogens is 526 g/mol. The number of ether oxygens (including phenoxy) is 1. The number of halogens is 2. The third-order valence-electron chi connectivity index (χ3n) is 9.75. The van der Waals surface area contributed by atoms with Crippen LogP contribution in [0.2, 0.25) is 0 Å². The Morgan fingerprint density at radius 3 is 2.78 bits per heavy atom. The van der Waals surface area contributed by atoms with E-state index >= 15 is 4.39 Å². The molecule has 4 aromatic rings. The van der Waals surface area contributed by atoms with Gasteiger partial charge in [0.25, 0.3) is 0 Å². The summed E-state index contributed by atoms with van der Waals surface area (Å²) in [4.78, 5) is 14.0. The molecule has 2 bridgehead atoms. The minimum atomic E-state index is -0.857. The monoisotopic (exact) mass is 560 g/mol. The first-order valence-electron chi connectivity index (χ1n) is 14.7. The van der Waals surface area contributed by atoms with Crippen LogP contribution in [-0.2, 0) is 0 Å². The Hall–Kier alpha value is -3.57. The smallest absolute Gasteiger partial charge is 0.319 e. The average molecular weight is 561 g/mol. The Morgan fingerprint density at radius 1 is 1.12 bits per heavy atom. The molecule has 2 aromatic carbocycles. The van der Waals surface area contributed by atoms with Crippen molar-refractivity contribution in [2.45, 2.75) is 62.8 Å². The second kappa shape index (κ2) is 9.22. The molecule has 214 valence electrons. The first-order chi connectivity index (χ1) is 19.9. The molecule has 4 saturated heterocycles. The van der Waals surface area contributed by atoms with Crippen LogP contribution in [0.25, 0.3) is 32.9 Å². The molecule has 0 saturated carbocycles. The lowest BCUT2D eigenvalue weighted by atomic mass is 9.95. The number of hydrogen-bond acceptors (Lipinski definition) is 8. The van der Waals surface area contributed by atoms with Crippen molar-refractivity contribution < 1.29 is 13.5 Å². The number of anilines is 2. The van der Waals surface area contributed by atoms with E-state index in [1.165, 1.54) is 0 Å². The molecule has 4 atom stereocenters. The van der Waals surface area contributed by atoms with Gasteiger partial charge in [-0.2, -0.15) is 15.1 Å². The molecule has 2 aromatic heterocycles. The van der Waals surface area contributed by atoms with E-state index in [0.717, 1.165) is 56.4 Å². The fourth-order valence-electron chi connectivity index (χ4n) is 7.83. The van der Waals surface area contributed by atoms with E-state index in [2.05, 4.69) is 30.3 Å². The molecule has 2 unspecified atom stereocenters. The molecule has 8 rings (SSSR count). The summed E-state index contributed by atoms with van der Waals surface area (Å²) >= 11 is 0. The van der Waals surface area contributed by atoms with Gasteiger partial charge >= 0.3 is 6.01 Å². The first-order valence-corrected chi connectivity index (χ1v) is 14.7. The summed E-state index contributed by atoms with van der Waals surface area (Å²) in [7, 11) is 0. The van der Waals surface area contributed by atoms with E-state index in [4.69, 9.17) is 15.5 Å². The van der Waals surface area contributed by atoms with Gasteiger partial charge in [-0.25, -0.2) is 8.78 Å². The molecular formula is C30H34F2N8O. The molecule has 6 heterocycles. The second-order valence-electron chi connectivity index (χ2n) is 12.3. The quantitative estimate of drug-likeness (QED) is 0.335. The molecule has 0 amide bonds. The number of aromatic amines is 1. The van der Waals surface area contributed by atoms with E-state index in [9.17, 15) is 4.39 Å². The number of alkyl halides is 1. The van der Waals surface area contributed by atoms with Crippen LogP contribution in [0.3, 0.4) is 0 Å². The number of aromatic nitrogens is 4. The lowest BCUT2D eigenvalue weighted by Gasteiger charge is -2.34. The van der Waals surface area contributed by atoms with Crippen LogP contribution < -0.4 is 20.7 Å². The predicted octanol–water partition coefficient (Wildman–Crippen LogP) is 4.10. The van der Waals surface area contributed by atoms with Gasteiger partial charge < -0.3 is 20.7 Å². The van der Waals surface area contributed by atoms with Crippen LogP contribution in [0.15, 0.2) is 24.3 Å². The molecule has 41 heavy (non-hydrogen) atoms. The predicted molar refractivity (Wildman–Crippen MR) is 154 cm³/mol. The highest BCUT2D eigenvalue weighted by atomic mass is 19.1. The van der Waals surface area contributed by atoms with Crippen LogP contribution >= 0.6 is 0 Å². The number of aryl methyl sites for hydroxylation is 1. The Labute approximate surface area is 236 Å². The SMILES string of the molecule is Cc1ccc2[nH]nc(N)c2c1-c1ccc2c(N3CC4CCC(C3)N4)nc(OC[C@@]34CCCN3C[C@H](F)C4)nc2c1F. The summed E-state index contributed by atoms with van der Waals surface area (Å²) in [5.74, 6) is 0.558. The lowest BCUT2D eigenvalue weighted by Crippen LogP contribution is -2.51. The maximum Gasteiger partial charge on any atom is 0.319 e. The molecule has 4 fully saturated rings. The van der Waals surface area contributed by atoms with Crippen molar-refractivity contribution in [2.24, 2.45) is 0 Å². The number of piperazine rings is 1. The van der Waals surface area contributed by atoms with Gasteiger partial charge in [0.2, 0.25) is 0 Å². The lowest BCUT2D eigenvalue weighted by molar-refractivity contribution is 0.107. The number of hydrogen-bond donors (Lipinski definition) is 3. The third kappa shape index (κ3) is 3.96. The fourth-order valence-corrected chi connectivity index (χ4v) is 7.83. The number of fused-ring (bicyclic) bond motifs is 5. The third-order valence-corrected chi connectivity index (χ3v) is 9.75. The maximum absolute atomic E-state index is 16.7. The first kappa shape index (κ1) is 25.2. The van der Waals surface area contributed by atoms with Gasteiger partial charge in [-0.05, 0) is 56.8 Å².